The first kappa shape index (κ1) is 7.60. The molecule has 0 fully saturated rings. The number of hydrogen-bond acceptors (Lipinski definition) is 3. The van der Waals surface area contributed by atoms with E-state index in [0.29, 0.717) is 5.75 Å². The molecule has 1 aromatic rings. The van der Waals surface area contributed by atoms with Crippen molar-refractivity contribution < 1.29 is 9.94 Å². The van der Waals surface area contributed by atoms with Gasteiger partial charge in [-0.1, -0.05) is 17.3 Å². The molecular weight excluding hydrogens is 142 g/mol. The van der Waals surface area contributed by atoms with Gasteiger partial charge in [0.2, 0.25) is 0 Å². The highest BCUT2D eigenvalue weighted by atomic mass is 16.5. The van der Waals surface area contributed by atoms with E-state index in [9.17, 15) is 0 Å². The molecule has 0 amide bonds. The number of ether oxygens (including phenoxy) is 1. The molecule has 0 bridgehead atoms. The number of methoxy groups -OCH3 is 1. The summed E-state index contributed by atoms with van der Waals surface area (Å²) in [7, 11) is 1.57. The van der Waals surface area contributed by atoms with Crippen LogP contribution in [0, 0.1) is 0 Å². The Bertz CT molecular complexity index is 258. The maximum atomic E-state index is 8.25. The van der Waals surface area contributed by atoms with Crippen LogP contribution in [-0.4, -0.2) is 18.5 Å². The second-order valence-corrected chi connectivity index (χ2v) is 1.99. The normalized spacial score (nSPS) is 10.3. The van der Waals surface area contributed by atoms with Crippen molar-refractivity contribution in [2.75, 3.05) is 7.11 Å². The van der Waals surface area contributed by atoms with Gasteiger partial charge in [0.05, 0.1) is 13.3 Å². The third-order valence-electron chi connectivity index (χ3n) is 1.34. The average Bonchev–Trinajstić information content (AvgIpc) is 2.06. The zero-order valence-corrected chi connectivity index (χ0v) is 6.19. The Morgan fingerprint density at radius 2 is 2.18 bits per heavy atom. The van der Waals surface area contributed by atoms with Crippen molar-refractivity contribution in [3.63, 3.8) is 0 Å². The predicted octanol–water partition coefficient (Wildman–Crippen LogP) is 1.50. The van der Waals surface area contributed by atoms with Crippen LogP contribution in [0.3, 0.4) is 0 Å². The third-order valence-corrected chi connectivity index (χ3v) is 1.34. The summed E-state index contributed by atoms with van der Waals surface area (Å²) in [6.07, 6.45) is 1.33. The van der Waals surface area contributed by atoms with Crippen molar-refractivity contribution in [2.45, 2.75) is 0 Å². The summed E-state index contributed by atoms with van der Waals surface area (Å²) in [5, 5.41) is 11.2. The van der Waals surface area contributed by atoms with Crippen molar-refractivity contribution in [2.24, 2.45) is 5.16 Å². The van der Waals surface area contributed by atoms with Gasteiger partial charge in [-0.05, 0) is 12.1 Å². The van der Waals surface area contributed by atoms with Crippen LogP contribution in [0.1, 0.15) is 5.56 Å². The summed E-state index contributed by atoms with van der Waals surface area (Å²) in [6, 6.07) is 7.31. The highest BCUT2D eigenvalue weighted by Gasteiger charge is 1.95. The monoisotopic (exact) mass is 151 g/mol. The Morgan fingerprint density at radius 1 is 1.45 bits per heavy atom. The summed E-state index contributed by atoms with van der Waals surface area (Å²) in [4.78, 5) is 0. The molecule has 1 N–H and O–H groups in total. The lowest BCUT2D eigenvalue weighted by Gasteiger charge is -2.01. The first-order chi connectivity index (χ1) is 5.38. The Morgan fingerprint density at radius 3 is 2.82 bits per heavy atom. The number of benzene rings is 1. The van der Waals surface area contributed by atoms with Crippen LogP contribution in [-0.2, 0) is 0 Å². The lowest BCUT2D eigenvalue weighted by Crippen LogP contribution is -1.89. The van der Waals surface area contributed by atoms with Gasteiger partial charge < -0.3 is 9.94 Å². The number of oxime groups is 1. The van der Waals surface area contributed by atoms with Gasteiger partial charge in [0, 0.05) is 5.56 Å². The van der Waals surface area contributed by atoms with Gasteiger partial charge in [-0.15, -0.1) is 0 Å². The van der Waals surface area contributed by atoms with Crippen LogP contribution in [0.25, 0.3) is 0 Å². The molecule has 0 aliphatic carbocycles. The Kier molecular flexibility index (Phi) is 2.49. The van der Waals surface area contributed by atoms with E-state index in [2.05, 4.69) is 5.16 Å². The summed E-state index contributed by atoms with van der Waals surface area (Å²) >= 11 is 0. The van der Waals surface area contributed by atoms with E-state index >= 15 is 0 Å². The third kappa shape index (κ3) is 1.70. The van der Waals surface area contributed by atoms with E-state index < -0.39 is 0 Å². The first-order valence-corrected chi connectivity index (χ1v) is 3.19. The van der Waals surface area contributed by atoms with Crippen LogP contribution in [0.15, 0.2) is 29.4 Å². The molecule has 58 valence electrons. The number of para-hydroxylation sites is 1. The van der Waals surface area contributed by atoms with Crippen molar-refractivity contribution in [3.05, 3.63) is 29.8 Å². The summed E-state index contributed by atoms with van der Waals surface area (Å²) < 4.78 is 5.00. The van der Waals surface area contributed by atoms with Gasteiger partial charge in [0.1, 0.15) is 5.75 Å². The average molecular weight is 151 g/mol. The largest absolute Gasteiger partial charge is 0.496 e. The molecule has 0 radical (unpaired) electrons. The fraction of sp³-hybridized carbons (Fsp3) is 0.125. The maximum Gasteiger partial charge on any atom is 0.127 e. The van der Waals surface area contributed by atoms with Gasteiger partial charge in [0.25, 0.3) is 0 Å². The van der Waals surface area contributed by atoms with E-state index in [0.717, 1.165) is 5.56 Å². The fourth-order valence-corrected chi connectivity index (χ4v) is 0.835. The molecule has 3 heteroatoms. The van der Waals surface area contributed by atoms with Crippen molar-refractivity contribution in [1.29, 1.82) is 0 Å². The minimum Gasteiger partial charge on any atom is -0.496 e. The second-order valence-electron chi connectivity index (χ2n) is 1.99. The molecule has 0 aliphatic heterocycles. The SMILES string of the molecule is COc1ccccc1C=NO. The zero-order valence-electron chi connectivity index (χ0n) is 6.19. The lowest BCUT2D eigenvalue weighted by atomic mass is 10.2. The Hall–Kier alpha value is -1.51. The van der Waals surface area contributed by atoms with Gasteiger partial charge in [-0.2, -0.15) is 0 Å². The van der Waals surface area contributed by atoms with Gasteiger partial charge in [-0.3, -0.25) is 0 Å². The summed E-state index contributed by atoms with van der Waals surface area (Å²) in [5.41, 5.74) is 0.762. The quantitative estimate of drug-likeness (QED) is 0.395. The van der Waals surface area contributed by atoms with E-state index in [4.69, 9.17) is 9.94 Å². The minimum absolute atomic E-state index is 0.699. The first-order valence-electron chi connectivity index (χ1n) is 3.19. The lowest BCUT2D eigenvalue weighted by molar-refractivity contribution is 0.321. The minimum atomic E-state index is 0.699. The maximum absolute atomic E-state index is 8.25. The van der Waals surface area contributed by atoms with Crippen LogP contribution in [0.4, 0.5) is 0 Å². The van der Waals surface area contributed by atoms with Crippen molar-refractivity contribution in [3.8, 4) is 5.75 Å². The number of nitrogens with zero attached hydrogens (tertiary/aromatic N) is 1. The highest BCUT2D eigenvalue weighted by molar-refractivity contribution is 5.82. The molecule has 1 aromatic carbocycles. The van der Waals surface area contributed by atoms with Crippen LogP contribution in [0.2, 0.25) is 0 Å². The molecule has 0 aliphatic rings. The molecule has 0 saturated carbocycles. The standard InChI is InChI=1S/C8H9NO2/c1-11-8-5-3-2-4-7(8)6-9-10/h2-6,10H,1H3. The van der Waals surface area contributed by atoms with E-state index in [-0.39, 0.29) is 0 Å². The van der Waals surface area contributed by atoms with Crippen molar-refractivity contribution in [1.82, 2.24) is 0 Å². The van der Waals surface area contributed by atoms with Crippen LogP contribution >= 0.6 is 0 Å². The van der Waals surface area contributed by atoms with Gasteiger partial charge >= 0.3 is 0 Å². The number of hydrogen-bond donors (Lipinski definition) is 1. The van der Waals surface area contributed by atoms with Gasteiger partial charge in [0.15, 0.2) is 0 Å². The summed E-state index contributed by atoms with van der Waals surface area (Å²) in [6.45, 7) is 0. The zero-order chi connectivity index (χ0) is 8.10. The predicted molar refractivity (Wildman–Crippen MR) is 42.4 cm³/mol. The van der Waals surface area contributed by atoms with E-state index in [1.165, 1.54) is 6.21 Å². The van der Waals surface area contributed by atoms with Crippen molar-refractivity contribution >= 4 is 6.21 Å². The Labute approximate surface area is 64.9 Å². The van der Waals surface area contributed by atoms with Crippen LogP contribution in [0.5, 0.6) is 5.75 Å². The molecule has 11 heavy (non-hydrogen) atoms. The molecule has 0 unspecified atom stereocenters. The molecule has 0 saturated heterocycles. The second kappa shape index (κ2) is 3.61. The molecular formula is C8H9NO2. The molecule has 3 nitrogen and oxygen atoms in total. The fourth-order valence-electron chi connectivity index (χ4n) is 0.835. The highest BCUT2D eigenvalue weighted by Crippen LogP contribution is 2.14. The molecule has 0 aromatic heterocycles. The molecule has 0 atom stereocenters. The van der Waals surface area contributed by atoms with Crippen LogP contribution < -0.4 is 4.74 Å². The smallest absolute Gasteiger partial charge is 0.127 e. The van der Waals surface area contributed by atoms with E-state index in [1.807, 2.05) is 12.1 Å². The molecule has 0 spiro atoms. The number of rotatable bonds is 2. The summed E-state index contributed by atoms with van der Waals surface area (Å²) in [5.74, 6) is 0.699. The van der Waals surface area contributed by atoms with Gasteiger partial charge in [-0.25, -0.2) is 0 Å². The van der Waals surface area contributed by atoms with E-state index in [1.54, 1.807) is 19.2 Å². The Balaban J connectivity index is 3.02. The molecule has 0 heterocycles. The molecule has 1 rings (SSSR count). The topological polar surface area (TPSA) is 41.8 Å².